The first kappa shape index (κ1) is 15.2. The fraction of sp³-hybridized carbons (Fsp3) is 0.429. The fourth-order valence-electron chi connectivity index (χ4n) is 2.19. The quantitative estimate of drug-likeness (QED) is 0.849. The normalized spacial score (nSPS) is 17.1. The van der Waals surface area contributed by atoms with Crippen molar-refractivity contribution >= 4 is 34.1 Å². The van der Waals surface area contributed by atoms with Crippen LogP contribution in [-0.4, -0.2) is 26.2 Å². The molecule has 1 aliphatic heterocycles. The third kappa shape index (κ3) is 2.80. The van der Waals surface area contributed by atoms with Gasteiger partial charge in [0.05, 0.1) is 11.6 Å². The predicted octanol–water partition coefficient (Wildman–Crippen LogP) is 1.99. The van der Waals surface area contributed by atoms with E-state index >= 15 is 0 Å². The Labute approximate surface area is 136 Å². The summed E-state index contributed by atoms with van der Waals surface area (Å²) in [5, 5.41) is 4.15. The van der Waals surface area contributed by atoms with Gasteiger partial charge < -0.3 is 5.32 Å². The minimum absolute atomic E-state index is 0.0732. The molecule has 0 spiro atoms. The second-order valence-corrected chi connectivity index (χ2v) is 7.49. The van der Waals surface area contributed by atoms with Crippen LogP contribution in [0.4, 0.5) is 5.13 Å². The van der Waals surface area contributed by atoms with E-state index in [1.165, 1.54) is 23.1 Å². The smallest absolute Gasteiger partial charge is 0.257 e. The summed E-state index contributed by atoms with van der Waals surface area (Å²) in [7, 11) is 0. The second-order valence-electron chi connectivity index (χ2n) is 5.30. The SMILES string of the molecule is Cc1nc(NC(=O)[C@H]2CSc3ncc(C)c(=O)n3C2)sc1C. The number of hydrogen-bond acceptors (Lipinski definition) is 6. The Bertz CT molecular complexity index is 777. The van der Waals surface area contributed by atoms with E-state index in [9.17, 15) is 9.59 Å². The number of hydrogen-bond donors (Lipinski definition) is 1. The highest BCUT2D eigenvalue weighted by atomic mass is 32.2. The van der Waals surface area contributed by atoms with E-state index in [2.05, 4.69) is 15.3 Å². The molecule has 22 heavy (non-hydrogen) atoms. The molecule has 0 radical (unpaired) electrons. The molecule has 0 unspecified atom stereocenters. The van der Waals surface area contributed by atoms with Crippen LogP contribution < -0.4 is 10.9 Å². The topological polar surface area (TPSA) is 76.9 Å². The molecule has 2 aromatic rings. The molecule has 1 amide bonds. The van der Waals surface area contributed by atoms with Crippen molar-refractivity contribution in [1.82, 2.24) is 14.5 Å². The summed E-state index contributed by atoms with van der Waals surface area (Å²) in [5.41, 5.74) is 1.45. The van der Waals surface area contributed by atoms with Gasteiger partial charge in [0.2, 0.25) is 5.91 Å². The van der Waals surface area contributed by atoms with Gasteiger partial charge in [0, 0.05) is 28.9 Å². The zero-order chi connectivity index (χ0) is 15.9. The second kappa shape index (κ2) is 5.85. The van der Waals surface area contributed by atoms with Crippen molar-refractivity contribution in [2.45, 2.75) is 32.5 Å². The number of anilines is 1. The minimum Gasteiger partial charge on any atom is -0.302 e. The first-order valence-corrected chi connectivity index (χ1v) is 8.70. The van der Waals surface area contributed by atoms with Gasteiger partial charge in [-0.15, -0.1) is 11.3 Å². The number of carbonyl (C=O) groups excluding carboxylic acids is 1. The molecule has 2 aromatic heterocycles. The van der Waals surface area contributed by atoms with Gasteiger partial charge in [-0.25, -0.2) is 9.97 Å². The summed E-state index contributed by atoms with van der Waals surface area (Å²) >= 11 is 2.91. The summed E-state index contributed by atoms with van der Waals surface area (Å²) in [5.74, 6) is 0.258. The first-order chi connectivity index (χ1) is 10.5. The van der Waals surface area contributed by atoms with E-state index in [1.54, 1.807) is 17.7 Å². The molecule has 116 valence electrons. The fourth-order valence-corrected chi connectivity index (χ4v) is 4.06. The molecule has 0 aliphatic carbocycles. The van der Waals surface area contributed by atoms with Crippen molar-refractivity contribution in [3.8, 4) is 0 Å². The highest BCUT2D eigenvalue weighted by molar-refractivity contribution is 7.99. The van der Waals surface area contributed by atoms with Gasteiger partial charge in [-0.05, 0) is 20.8 Å². The minimum atomic E-state index is -0.261. The van der Waals surface area contributed by atoms with Crippen LogP contribution in [0.5, 0.6) is 0 Å². The van der Waals surface area contributed by atoms with E-state index in [0.717, 1.165) is 10.6 Å². The number of nitrogens with zero attached hydrogens (tertiary/aromatic N) is 3. The number of amides is 1. The van der Waals surface area contributed by atoms with Crippen LogP contribution in [0.3, 0.4) is 0 Å². The third-order valence-corrected chi connectivity index (χ3v) is 5.77. The number of thiazole rings is 1. The number of thioether (sulfide) groups is 1. The van der Waals surface area contributed by atoms with Crippen molar-refractivity contribution < 1.29 is 4.79 Å². The monoisotopic (exact) mass is 336 g/mol. The summed E-state index contributed by atoms with van der Waals surface area (Å²) in [6.07, 6.45) is 1.59. The van der Waals surface area contributed by atoms with Gasteiger partial charge in [-0.2, -0.15) is 0 Å². The number of aryl methyl sites for hydroxylation is 3. The molecule has 8 heteroatoms. The van der Waals surface area contributed by atoms with Gasteiger partial charge in [-0.3, -0.25) is 14.2 Å². The maximum absolute atomic E-state index is 12.4. The Kier molecular flexibility index (Phi) is 4.05. The molecule has 1 N–H and O–H groups in total. The van der Waals surface area contributed by atoms with Crippen molar-refractivity contribution in [3.63, 3.8) is 0 Å². The van der Waals surface area contributed by atoms with Crippen LogP contribution in [0.2, 0.25) is 0 Å². The van der Waals surface area contributed by atoms with Crippen molar-refractivity contribution in [2.24, 2.45) is 5.92 Å². The Morgan fingerprint density at radius 1 is 1.41 bits per heavy atom. The summed E-state index contributed by atoms with van der Waals surface area (Å²) < 4.78 is 1.59. The Balaban J connectivity index is 1.78. The molecular weight excluding hydrogens is 320 g/mol. The van der Waals surface area contributed by atoms with Crippen molar-refractivity contribution in [3.05, 3.63) is 32.7 Å². The maximum atomic E-state index is 12.4. The summed E-state index contributed by atoms with van der Waals surface area (Å²) in [6, 6.07) is 0. The zero-order valence-electron chi connectivity index (χ0n) is 12.5. The lowest BCUT2D eigenvalue weighted by molar-refractivity contribution is -0.119. The van der Waals surface area contributed by atoms with Gasteiger partial charge in [0.15, 0.2) is 10.3 Å². The van der Waals surface area contributed by atoms with Crippen LogP contribution in [0.25, 0.3) is 0 Å². The molecule has 0 bridgehead atoms. The molecule has 0 saturated carbocycles. The van der Waals surface area contributed by atoms with Crippen molar-refractivity contribution in [1.29, 1.82) is 0 Å². The number of fused-ring (bicyclic) bond motifs is 1. The van der Waals surface area contributed by atoms with Crippen LogP contribution in [-0.2, 0) is 11.3 Å². The van der Waals surface area contributed by atoms with Gasteiger partial charge >= 0.3 is 0 Å². The van der Waals surface area contributed by atoms with Crippen LogP contribution in [0, 0.1) is 26.7 Å². The van der Waals surface area contributed by atoms with E-state index < -0.39 is 0 Å². The zero-order valence-corrected chi connectivity index (χ0v) is 14.2. The molecule has 3 rings (SSSR count). The average Bonchev–Trinajstić information content (AvgIpc) is 2.81. The molecule has 1 aliphatic rings. The van der Waals surface area contributed by atoms with Crippen LogP contribution in [0.1, 0.15) is 16.1 Å². The number of nitrogens with one attached hydrogen (secondary N) is 1. The van der Waals surface area contributed by atoms with Crippen LogP contribution >= 0.6 is 23.1 Å². The molecule has 1 atom stereocenters. The lowest BCUT2D eigenvalue weighted by Gasteiger charge is -2.23. The van der Waals surface area contributed by atoms with Gasteiger partial charge in [0.1, 0.15) is 0 Å². The largest absolute Gasteiger partial charge is 0.302 e. The van der Waals surface area contributed by atoms with E-state index in [0.29, 0.717) is 28.1 Å². The number of rotatable bonds is 2. The molecule has 3 heterocycles. The first-order valence-electron chi connectivity index (χ1n) is 6.90. The molecule has 0 fully saturated rings. The van der Waals surface area contributed by atoms with E-state index in [4.69, 9.17) is 0 Å². The molecular formula is C14H16N4O2S2. The standard InChI is InChI=1S/C14H16N4O2S2/c1-7-4-15-14-18(12(7)20)5-10(6-21-14)11(19)17-13-16-8(2)9(3)22-13/h4,10H,5-6H2,1-3H3,(H,16,17,19)/t10-/m1/s1. The third-order valence-electron chi connectivity index (χ3n) is 3.63. The van der Waals surface area contributed by atoms with Gasteiger partial charge in [0.25, 0.3) is 5.56 Å². The van der Waals surface area contributed by atoms with Crippen molar-refractivity contribution in [2.75, 3.05) is 11.1 Å². The van der Waals surface area contributed by atoms with Crippen LogP contribution in [0.15, 0.2) is 16.1 Å². The highest BCUT2D eigenvalue weighted by Crippen LogP contribution is 2.27. The summed E-state index contributed by atoms with van der Waals surface area (Å²) in [4.78, 5) is 34.2. The Morgan fingerprint density at radius 3 is 2.86 bits per heavy atom. The van der Waals surface area contributed by atoms with Gasteiger partial charge in [-0.1, -0.05) is 11.8 Å². The molecule has 0 aromatic carbocycles. The molecule has 6 nitrogen and oxygen atoms in total. The number of carbonyl (C=O) groups is 1. The lowest BCUT2D eigenvalue weighted by atomic mass is 10.1. The molecule has 0 saturated heterocycles. The summed E-state index contributed by atoms with van der Waals surface area (Å²) in [6.45, 7) is 5.99. The highest BCUT2D eigenvalue weighted by Gasteiger charge is 2.27. The van der Waals surface area contributed by atoms with E-state index in [-0.39, 0.29) is 17.4 Å². The maximum Gasteiger partial charge on any atom is 0.257 e. The lowest BCUT2D eigenvalue weighted by Crippen LogP contribution is -2.37. The average molecular weight is 336 g/mol. The van der Waals surface area contributed by atoms with E-state index in [1.807, 2.05) is 13.8 Å². The Hall–Kier alpha value is -1.67. The predicted molar refractivity (Wildman–Crippen MR) is 87.7 cm³/mol. The Morgan fingerprint density at radius 2 is 2.18 bits per heavy atom. The number of aromatic nitrogens is 3.